The van der Waals surface area contributed by atoms with Crippen LogP contribution in [0.5, 0.6) is 0 Å². The summed E-state index contributed by atoms with van der Waals surface area (Å²) >= 11 is 1.79. The van der Waals surface area contributed by atoms with Crippen molar-refractivity contribution >= 4 is 17.4 Å². The van der Waals surface area contributed by atoms with Gasteiger partial charge in [-0.05, 0) is 50.6 Å². The molecule has 3 nitrogen and oxygen atoms in total. The highest BCUT2D eigenvalue weighted by molar-refractivity contribution is 7.98. The molecule has 0 unspecified atom stereocenters. The van der Waals surface area contributed by atoms with Gasteiger partial charge in [0.2, 0.25) is 0 Å². The minimum Gasteiger partial charge on any atom is -0.399 e. The molecule has 0 amide bonds. The minimum atomic E-state index is 0.419. The number of aromatic nitrogens is 2. The molecule has 4 heteroatoms. The number of nitrogens with two attached hydrogens (primary N) is 1. The highest BCUT2D eigenvalue weighted by Crippen LogP contribution is 2.25. The van der Waals surface area contributed by atoms with Gasteiger partial charge in [0.05, 0.1) is 5.69 Å². The van der Waals surface area contributed by atoms with E-state index in [1.807, 2.05) is 23.9 Å². The fourth-order valence-electron chi connectivity index (χ4n) is 1.64. The number of hydrogen-bond donors (Lipinski definition) is 1. The van der Waals surface area contributed by atoms with Gasteiger partial charge in [-0.2, -0.15) is 5.10 Å². The van der Waals surface area contributed by atoms with Crippen LogP contribution in [0.15, 0.2) is 35.4 Å². The van der Waals surface area contributed by atoms with E-state index in [1.165, 1.54) is 4.90 Å². The van der Waals surface area contributed by atoms with Crippen LogP contribution in [0.1, 0.15) is 31.1 Å². The average molecular weight is 261 g/mol. The third-order valence-electron chi connectivity index (χ3n) is 2.82. The SMILES string of the molecule is Cc1cc(SCc2ccn(C(C)C)n2)ccc1N. The van der Waals surface area contributed by atoms with Crippen molar-refractivity contribution in [2.24, 2.45) is 0 Å². The lowest BCUT2D eigenvalue weighted by Gasteiger charge is -2.05. The van der Waals surface area contributed by atoms with Crippen molar-refractivity contribution in [2.75, 3.05) is 5.73 Å². The summed E-state index contributed by atoms with van der Waals surface area (Å²) in [7, 11) is 0. The Morgan fingerprint density at radius 3 is 2.72 bits per heavy atom. The van der Waals surface area contributed by atoms with Crippen molar-refractivity contribution in [3.63, 3.8) is 0 Å². The third-order valence-corrected chi connectivity index (χ3v) is 3.85. The summed E-state index contributed by atoms with van der Waals surface area (Å²) in [6, 6.07) is 8.65. The zero-order chi connectivity index (χ0) is 13.1. The van der Waals surface area contributed by atoms with Crippen molar-refractivity contribution < 1.29 is 0 Å². The topological polar surface area (TPSA) is 43.8 Å². The molecule has 0 aliphatic heterocycles. The molecule has 0 radical (unpaired) electrons. The van der Waals surface area contributed by atoms with Crippen LogP contribution in [-0.2, 0) is 5.75 Å². The lowest BCUT2D eigenvalue weighted by molar-refractivity contribution is 0.529. The summed E-state index contributed by atoms with van der Waals surface area (Å²) in [6.45, 7) is 6.30. The summed E-state index contributed by atoms with van der Waals surface area (Å²) in [5.41, 5.74) is 8.90. The van der Waals surface area contributed by atoms with Crippen LogP contribution in [0.2, 0.25) is 0 Å². The maximum absolute atomic E-state index is 5.81. The van der Waals surface area contributed by atoms with E-state index in [0.717, 1.165) is 22.7 Å². The number of thioether (sulfide) groups is 1. The molecule has 0 saturated carbocycles. The maximum atomic E-state index is 5.81. The van der Waals surface area contributed by atoms with E-state index in [1.54, 1.807) is 11.8 Å². The van der Waals surface area contributed by atoms with Gasteiger partial charge >= 0.3 is 0 Å². The summed E-state index contributed by atoms with van der Waals surface area (Å²) < 4.78 is 1.99. The van der Waals surface area contributed by atoms with Gasteiger partial charge in [-0.3, -0.25) is 4.68 Å². The Morgan fingerprint density at radius 1 is 1.33 bits per heavy atom. The number of benzene rings is 1. The highest BCUT2D eigenvalue weighted by atomic mass is 32.2. The Bertz CT molecular complexity index is 532. The fourth-order valence-corrected chi connectivity index (χ4v) is 2.53. The molecule has 18 heavy (non-hydrogen) atoms. The van der Waals surface area contributed by atoms with Gasteiger partial charge in [-0.25, -0.2) is 0 Å². The second-order valence-corrected chi connectivity index (χ2v) is 5.74. The lowest BCUT2D eigenvalue weighted by atomic mass is 10.2. The van der Waals surface area contributed by atoms with Crippen LogP contribution in [0.3, 0.4) is 0 Å². The summed E-state index contributed by atoms with van der Waals surface area (Å²) in [6.07, 6.45) is 2.04. The molecule has 0 bridgehead atoms. The Hall–Kier alpha value is -1.42. The van der Waals surface area contributed by atoms with E-state index in [0.29, 0.717) is 6.04 Å². The molecule has 96 valence electrons. The van der Waals surface area contributed by atoms with Crippen molar-refractivity contribution in [2.45, 2.75) is 37.5 Å². The van der Waals surface area contributed by atoms with Crippen LogP contribution < -0.4 is 5.73 Å². The first-order valence-corrected chi connectivity index (χ1v) is 7.08. The summed E-state index contributed by atoms with van der Waals surface area (Å²) in [5, 5.41) is 4.54. The van der Waals surface area contributed by atoms with Gasteiger partial charge in [0.25, 0.3) is 0 Å². The monoisotopic (exact) mass is 261 g/mol. The number of nitrogens with zero attached hydrogens (tertiary/aromatic N) is 2. The molecule has 2 aromatic rings. The molecular formula is C14H19N3S. The first kappa shape index (κ1) is 13.0. The largest absolute Gasteiger partial charge is 0.399 e. The molecule has 1 aromatic heterocycles. The number of hydrogen-bond acceptors (Lipinski definition) is 3. The van der Waals surface area contributed by atoms with Gasteiger partial charge in [0.1, 0.15) is 0 Å². The first-order valence-electron chi connectivity index (χ1n) is 6.09. The van der Waals surface area contributed by atoms with Gasteiger partial charge in [-0.1, -0.05) is 0 Å². The van der Waals surface area contributed by atoms with Crippen molar-refractivity contribution in [3.8, 4) is 0 Å². The zero-order valence-electron chi connectivity index (χ0n) is 11.1. The molecule has 0 spiro atoms. The average Bonchev–Trinajstić information content (AvgIpc) is 2.79. The second kappa shape index (κ2) is 5.48. The van der Waals surface area contributed by atoms with Gasteiger partial charge in [-0.15, -0.1) is 11.8 Å². The molecule has 2 N–H and O–H groups in total. The predicted molar refractivity (Wildman–Crippen MR) is 77.8 cm³/mol. The summed E-state index contributed by atoms with van der Waals surface area (Å²) in [5.74, 6) is 0.892. The van der Waals surface area contributed by atoms with Crippen molar-refractivity contribution in [1.82, 2.24) is 9.78 Å². The van der Waals surface area contributed by atoms with Crippen molar-refractivity contribution in [1.29, 1.82) is 0 Å². The second-order valence-electron chi connectivity index (χ2n) is 4.69. The quantitative estimate of drug-likeness (QED) is 0.675. The van der Waals surface area contributed by atoms with Crippen LogP contribution in [0.25, 0.3) is 0 Å². The Morgan fingerprint density at radius 2 is 2.11 bits per heavy atom. The Balaban J connectivity index is 2.00. The molecule has 1 heterocycles. The Labute approximate surface area is 112 Å². The van der Waals surface area contributed by atoms with Gasteiger partial charge < -0.3 is 5.73 Å². The van der Waals surface area contributed by atoms with Gasteiger partial charge in [0.15, 0.2) is 0 Å². The van der Waals surface area contributed by atoms with Crippen LogP contribution in [0, 0.1) is 6.92 Å². The fraction of sp³-hybridized carbons (Fsp3) is 0.357. The standard InChI is InChI=1S/C14H19N3S/c1-10(2)17-7-6-12(16-17)9-18-13-4-5-14(15)11(3)8-13/h4-8,10H,9,15H2,1-3H3. The van der Waals surface area contributed by atoms with Crippen LogP contribution in [-0.4, -0.2) is 9.78 Å². The zero-order valence-corrected chi connectivity index (χ0v) is 11.9. The minimum absolute atomic E-state index is 0.419. The smallest absolute Gasteiger partial charge is 0.0727 e. The normalized spacial score (nSPS) is 11.1. The number of aryl methyl sites for hydroxylation is 1. The number of nitrogen functional groups attached to an aromatic ring is 1. The van der Waals surface area contributed by atoms with E-state index in [2.05, 4.69) is 37.1 Å². The van der Waals surface area contributed by atoms with Gasteiger partial charge in [0, 0.05) is 28.6 Å². The summed E-state index contributed by atoms with van der Waals surface area (Å²) in [4.78, 5) is 1.24. The molecule has 0 atom stereocenters. The maximum Gasteiger partial charge on any atom is 0.0727 e. The highest BCUT2D eigenvalue weighted by Gasteiger charge is 2.03. The van der Waals surface area contributed by atoms with Crippen LogP contribution >= 0.6 is 11.8 Å². The van der Waals surface area contributed by atoms with E-state index >= 15 is 0 Å². The van der Waals surface area contributed by atoms with E-state index in [9.17, 15) is 0 Å². The molecule has 1 aromatic carbocycles. The Kier molecular flexibility index (Phi) is 3.97. The van der Waals surface area contributed by atoms with E-state index in [-0.39, 0.29) is 0 Å². The molecular weight excluding hydrogens is 242 g/mol. The lowest BCUT2D eigenvalue weighted by Crippen LogP contribution is -2.01. The molecule has 0 fully saturated rings. The predicted octanol–water partition coefficient (Wildman–Crippen LogP) is 3.65. The van der Waals surface area contributed by atoms with Crippen molar-refractivity contribution in [3.05, 3.63) is 41.7 Å². The third kappa shape index (κ3) is 3.07. The molecule has 0 saturated heterocycles. The van der Waals surface area contributed by atoms with E-state index in [4.69, 9.17) is 5.73 Å². The molecule has 0 aliphatic carbocycles. The number of rotatable bonds is 4. The number of anilines is 1. The molecule has 0 aliphatic rings. The van der Waals surface area contributed by atoms with Crippen LogP contribution in [0.4, 0.5) is 5.69 Å². The molecule has 2 rings (SSSR count). The van der Waals surface area contributed by atoms with E-state index < -0.39 is 0 Å². The first-order chi connectivity index (χ1) is 8.56.